The predicted molar refractivity (Wildman–Crippen MR) is 93.8 cm³/mol. The van der Waals surface area contributed by atoms with Crippen molar-refractivity contribution in [2.75, 3.05) is 18.9 Å². The first-order chi connectivity index (χ1) is 11.7. The van der Waals surface area contributed by atoms with E-state index in [1.165, 1.54) is 11.3 Å². The van der Waals surface area contributed by atoms with Gasteiger partial charge in [0.05, 0.1) is 15.9 Å². The number of rotatable bonds is 5. The first-order valence-corrected chi connectivity index (χ1v) is 8.28. The van der Waals surface area contributed by atoms with Crippen molar-refractivity contribution in [3.63, 3.8) is 0 Å². The Balaban J connectivity index is 1.35. The van der Waals surface area contributed by atoms with Crippen LogP contribution in [-0.2, 0) is 0 Å². The number of benzene rings is 2. The van der Waals surface area contributed by atoms with Crippen LogP contribution in [0.25, 0.3) is 21.2 Å². The van der Waals surface area contributed by atoms with Crippen LogP contribution < -0.4 is 15.2 Å². The molecule has 0 amide bonds. The van der Waals surface area contributed by atoms with Crippen molar-refractivity contribution in [3.8, 4) is 11.5 Å². The van der Waals surface area contributed by atoms with E-state index in [0.29, 0.717) is 18.3 Å². The summed E-state index contributed by atoms with van der Waals surface area (Å²) in [5, 5.41) is 5.48. The van der Waals surface area contributed by atoms with Gasteiger partial charge in [0.1, 0.15) is 24.7 Å². The Labute approximate surface area is 141 Å². The third kappa shape index (κ3) is 2.85. The molecule has 2 N–H and O–H groups in total. The summed E-state index contributed by atoms with van der Waals surface area (Å²) in [7, 11) is 0. The quantitative estimate of drug-likeness (QED) is 0.556. The smallest absolute Gasteiger partial charge is 0.181 e. The van der Waals surface area contributed by atoms with Crippen LogP contribution >= 0.6 is 11.3 Å². The highest BCUT2D eigenvalue weighted by Gasteiger charge is 2.06. The van der Waals surface area contributed by atoms with Crippen molar-refractivity contribution in [2.45, 2.75) is 6.92 Å². The molecule has 24 heavy (non-hydrogen) atoms. The second-order valence-electron chi connectivity index (χ2n) is 5.30. The van der Waals surface area contributed by atoms with Gasteiger partial charge in [0, 0.05) is 17.5 Å². The number of nitrogen functional groups attached to an aromatic ring is 1. The lowest BCUT2D eigenvalue weighted by Gasteiger charge is -2.08. The van der Waals surface area contributed by atoms with E-state index >= 15 is 0 Å². The number of hydrogen-bond donors (Lipinski definition) is 1. The fraction of sp³-hybridized carbons (Fsp3) is 0.176. The number of nitrogens with two attached hydrogens (primary N) is 1. The first-order valence-electron chi connectivity index (χ1n) is 7.47. The lowest BCUT2D eigenvalue weighted by atomic mass is 10.2. The van der Waals surface area contributed by atoms with Gasteiger partial charge in [-0.05, 0) is 31.2 Å². The topological polar surface area (TPSA) is 83.4 Å². The Morgan fingerprint density at radius 3 is 2.67 bits per heavy atom. The maximum absolute atomic E-state index is 5.70. The summed E-state index contributed by atoms with van der Waals surface area (Å²) in [5.41, 5.74) is 8.14. The van der Waals surface area contributed by atoms with E-state index in [2.05, 4.69) is 10.1 Å². The Bertz CT molecular complexity index is 996. The summed E-state index contributed by atoms with van der Waals surface area (Å²) in [5.74, 6) is 1.47. The van der Waals surface area contributed by atoms with E-state index in [0.717, 1.165) is 38.4 Å². The van der Waals surface area contributed by atoms with Gasteiger partial charge in [0.2, 0.25) is 0 Å². The van der Waals surface area contributed by atoms with Gasteiger partial charge >= 0.3 is 0 Å². The monoisotopic (exact) mass is 341 g/mol. The molecule has 0 atom stereocenters. The molecule has 0 bridgehead atoms. The molecule has 2 aromatic heterocycles. The predicted octanol–water partition coefficient (Wildman–Crippen LogP) is 3.79. The lowest BCUT2D eigenvalue weighted by molar-refractivity contribution is 0.217. The largest absolute Gasteiger partial charge is 0.490 e. The molecule has 0 fully saturated rings. The van der Waals surface area contributed by atoms with Crippen LogP contribution in [0.1, 0.15) is 5.69 Å². The van der Waals surface area contributed by atoms with Crippen molar-refractivity contribution >= 4 is 37.7 Å². The molecule has 0 saturated carbocycles. The molecule has 6 nitrogen and oxygen atoms in total. The van der Waals surface area contributed by atoms with Crippen molar-refractivity contribution < 1.29 is 14.0 Å². The number of aromatic nitrogens is 2. The summed E-state index contributed by atoms with van der Waals surface area (Å²) >= 11 is 1.46. The number of hydrogen-bond acceptors (Lipinski definition) is 7. The maximum Gasteiger partial charge on any atom is 0.181 e. The summed E-state index contributed by atoms with van der Waals surface area (Å²) in [6.07, 6.45) is 0. The van der Waals surface area contributed by atoms with E-state index in [4.69, 9.17) is 19.7 Å². The average molecular weight is 341 g/mol. The fourth-order valence-electron chi connectivity index (χ4n) is 2.47. The second kappa shape index (κ2) is 6.01. The molecule has 2 heterocycles. The zero-order chi connectivity index (χ0) is 16.5. The molecule has 0 aliphatic carbocycles. The number of aryl methyl sites for hydroxylation is 1. The molecule has 0 unspecified atom stereocenters. The molecule has 0 radical (unpaired) electrons. The van der Waals surface area contributed by atoms with E-state index in [9.17, 15) is 0 Å². The van der Waals surface area contributed by atoms with Crippen LogP contribution in [0.4, 0.5) is 5.13 Å². The van der Waals surface area contributed by atoms with E-state index in [1.807, 2.05) is 43.3 Å². The van der Waals surface area contributed by atoms with E-state index in [1.54, 1.807) is 0 Å². The molecule has 2 aromatic carbocycles. The Kier molecular flexibility index (Phi) is 3.70. The van der Waals surface area contributed by atoms with Crippen LogP contribution in [0.3, 0.4) is 0 Å². The molecule has 0 saturated heterocycles. The molecule has 4 aromatic rings. The van der Waals surface area contributed by atoms with Crippen LogP contribution in [0.5, 0.6) is 11.5 Å². The van der Waals surface area contributed by atoms with Gasteiger partial charge in [-0.25, -0.2) is 4.98 Å². The molecule has 122 valence electrons. The van der Waals surface area contributed by atoms with Crippen molar-refractivity contribution in [3.05, 3.63) is 42.1 Å². The Morgan fingerprint density at radius 1 is 1.08 bits per heavy atom. The van der Waals surface area contributed by atoms with Crippen LogP contribution in [0, 0.1) is 6.92 Å². The molecular formula is C17H15N3O3S. The number of ether oxygens (including phenoxy) is 2. The molecule has 4 rings (SSSR count). The summed E-state index contributed by atoms with van der Waals surface area (Å²) in [6.45, 7) is 2.77. The van der Waals surface area contributed by atoms with E-state index in [-0.39, 0.29) is 0 Å². The first kappa shape index (κ1) is 14.8. The van der Waals surface area contributed by atoms with Gasteiger partial charge in [-0.2, -0.15) is 0 Å². The molecule has 0 spiro atoms. The molecule has 7 heteroatoms. The van der Waals surface area contributed by atoms with Gasteiger partial charge in [0.25, 0.3) is 0 Å². The zero-order valence-corrected chi connectivity index (χ0v) is 13.8. The summed E-state index contributed by atoms with van der Waals surface area (Å²) < 4.78 is 17.7. The summed E-state index contributed by atoms with van der Waals surface area (Å²) in [4.78, 5) is 4.25. The highest BCUT2D eigenvalue weighted by Crippen LogP contribution is 2.27. The van der Waals surface area contributed by atoms with Crippen LogP contribution in [-0.4, -0.2) is 23.4 Å². The average Bonchev–Trinajstić information content (AvgIpc) is 3.13. The third-order valence-electron chi connectivity index (χ3n) is 3.62. The van der Waals surface area contributed by atoms with Gasteiger partial charge in [0.15, 0.2) is 10.7 Å². The molecule has 0 aliphatic rings. The number of thiazole rings is 1. The third-order valence-corrected chi connectivity index (χ3v) is 4.49. The highest BCUT2D eigenvalue weighted by atomic mass is 32.1. The van der Waals surface area contributed by atoms with Crippen molar-refractivity contribution in [1.29, 1.82) is 0 Å². The Morgan fingerprint density at radius 2 is 1.83 bits per heavy atom. The van der Waals surface area contributed by atoms with Crippen molar-refractivity contribution in [2.24, 2.45) is 0 Å². The minimum atomic E-state index is 0.426. The van der Waals surface area contributed by atoms with Gasteiger partial charge in [-0.1, -0.05) is 16.5 Å². The summed E-state index contributed by atoms with van der Waals surface area (Å²) in [6, 6.07) is 11.4. The number of nitrogens with zero attached hydrogens (tertiary/aromatic N) is 2. The fourth-order valence-corrected chi connectivity index (χ4v) is 3.18. The van der Waals surface area contributed by atoms with Gasteiger partial charge in [-0.3, -0.25) is 0 Å². The van der Waals surface area contributed by atoms with Crippen molar-refractivity contribution in [1.82, 2.24) is 10.1 Å². The van der Waals surface area contributed by atoms with E-state index < -0.39 is 0 Å². The minimum absolute atomic E-state index is 0.426. The lowest BCUT2D eigenvalue weighted by Crippen LogP contribution is -2.08. The highest BCUT2D eigenvalue weighted by molar-refractivity contribution is 7.22. The standard InChI is InChI=1S/C17H15N3O3S/c1-10-13-4-2-12(9-15(13)23-20-10)22-7-6-21-11-3-5-16-14(8-11)19-17(18)24-16/h2-5,8-9H,6-7H2,1H3,(H2,18,19). The number of fused-ring (bicyclic) bond motifs is 2. The second-order valence-corrected chi connectivity index (χ2v) is 6.37. The SMILES string of the molecule is Cc1noc2cc(OCCOc3ccc4sc(N)nc4c3)ccc12. The number of anilines is 1. The minimum Gasteiger partial charge on any atom is -0.490 e. The normalized spacial score (nSPS) is 11.2. The van der Waals surface area contributed by atoms with Crippen LogP contribution in [0.2, 0.25) is 0 Å². The Hall–Kier alpha value is -2.80. The zero-order valence-electron chi connectivity index (χ0n) is 13.0. The van der Waals surface area contributed by atoms with Gasteiger partial charge in [-0.15, -0.1) is 0 Å². The van der Waals surface area contributed by atoms with Crippen LogP contribution in [0.15, 0.2) is 40.9 Å². The maximum atomic E-state index is 5.70. The molecular weight excluding hydrogens is 326 g/mol. The molecule has 0 aliphatic heterocycles. The van der Waals surface area contributed by atoms with Gasteiger partial charge < -0.3 is 19.7 Å².